The van der Waals surface area contributed by atoms with Gasteiger partial charge in [-0.25, -0.2) is 24.4 Å². The van der Waals surface area contributed by atoms with E-state index in [1.54, 1.807) is 6.33 Å². The quantitative estimate of drug-likeness (QED) is 0.196. The maximum Gasteiger partial charge on any atom is 0.490 e. The fourth-order valence-corrected chi connectivity index (χ4v) is 3.96. The van der Waals surface area contributed by atoms with Crippen molar-refractivity contribution in [2.45, 2.75) is 25.5 Å². The van der Waals surface area contributed by atoms with Crippen molar-refractivity contribution in [2.75, 3.05) is 36.0 Å². The van der Waals surface area contributed by atoms with Gasteiger partial charge in [0.15, 0.2) is 0 Å². The lowest BCUT2D eigenvalue weighted by Gasteiger charge is -2.37. The number of carboxylic acid groups (broad SMARTS) is 3. The van der Waals surface area contributed by atoms with Crippen molar-refractivity contribution >= 4 is 40.3 Å². The molecule has 4 aromatic rings. The van der Waals surface area contributed by atoms with Gasteiger partial charge in [-0.05, 0) is 36.2 Å². The first-order chi connectivity index (χ1) is 22.6. The highest BCUT2D eigenvalue weighted by atomic mass is 19.4. The van der Waals surface area contributed by atoms with Gasteiger partial charge >= 0.3 is 36.4 Å². The first-order valence-corrected chi connectivity index (χ1v) is 13.3. The SMILES string of the molecule is Cc1ccccc1N1CCN(c2ncnc3ccc(-c4cn[nH]c4)cc23)CC1.O=C(O)C(F)(F)F.O=C(O)C(F)(F)F.O=C(O)C(F)(F)F. The number of aliphatic carboxylic acids is 3. The Bertz CT molecular complexity index is 1650. The van der Waals surface area contributed by atoms with Crippen LogP contribution in [0.2, 0.25) is 0 Å². The third kappa shape index (κ3) is 12.2. The van der Waals surface area contributed by atoms with Crippen LogP contribution in [-0.2, 0) is 14.4 Å². The number of rotatable bonds is 3. The number of aromatic amines is 1. The van der Waals surface area contributed by atoms with Crippen molar-refractivity contribution in [3.63, 3.8) is 0 Å². The zero-order valence-electron chi connectivity index (χ0n) is 24.8. The Labute approximate surface area is 269 Å². The molecule has 49 heavy (non-hydrogen) atoms. The van der Waals surface area contributed by atoms with Gasteiger partial charge in [0, 0.05) is 49.0 Å². The van der Waals surface area contributed by atoms with Crippen LogP contribution in [0.5, 0.6) is 0 Å². The summed E-state index contributed by atoms with van der Waals surface area (Å²) < 4.78 is 95.2. The van der Waals surface area contributed by atoms with Crippen molar-refractivity contribution < 1.29 is 69.2 Å². The van der Waals surface area contributed by atoms with Crippen LogP contribution in [0.15, 0.2) is 61.2 Å². The minimum absolute atomic E-state index is 0.941. The molecule has 2 aromatic heterocycles. The first kappa shape index (κ1) is 39.5. The molecule has 4 N–H and O–H groups in total. The van der Waals surface area contributed by atoms with E-state index in [2.05, 4.69) is 79.4 Å². The molecule has 0 bridgehead atoms. The summed E-state index contributed by atoms with van der Waals surface area (Å²) in [6, 6.07) is 14.9. The summed E-state index contributed by atoms with van der Waals surface area (Å²) in [5.41, 5.74) is 5.82. The summed E-state index contributed by atoms with van der Waals surface area (Å²) in [6.07, 6.45) is -9.83. The third-order valence-electron chi connectivity index (χ3n) is 6.21. The second kappa shape index (κ2) is 16.5. The van der Waals surface area contributed by atoms with Gasteiger partial charge < -0.3 is 25.1 Å². The van der Waals surface area contributed by atoms with Crippen molar-refractivity contribution in [1.29, 1.82) is 0 Å². The van der Waals surface area contributed by atoms with E-state index in [-0.39, 0.29) is 0 Å². The number of carboxylic acids is 3. The molecule has 3 heterocycles. The Kier molecular flexibility index (Phi) is 13.3. The Morgan fingerprint density at radius 2 is 1.20 bits per heavy atom. The summed E-state index contributed by atoms with van der Waals surface area (Å²) in [5, 5.41) is 29.4. The lowest BCUT2D eigenvalue weighted by atomic mass is 10.1. The Balaban J connectivity index is 0.000000325. The number of alkyl halides is 9. The minimum atomic E-state index is -5.08. The molecule has 21 heteroatoms. The monoisotopic (exact) mass is 712 g/mol. The molecule has 1 fully saturated rings. The third-order valence-corrected chi connectivity index (χ3v) is 6.21. The Hall–Kier alpha value is -5.63. The number of piperazine rings is 1. The first-order valence-electron chi connectivity index (χ1n) is 13.3. The number of benzene rings is 2. The van der Waals surface area contributed by atoms with Crippen molar-refractivity contribution in [1.82, 2.24) is 20.2 Å². The minimum Gasteiger partial charge on any atom is -0.475 e. The number of hydrogen-bond donors (Lipinski definition) is 4. The van der Waals surface area contributed by atoms with Crippen LogP contribution in [0.4, 0.5) is 51.0 Å². The van der Waals surface area contributed by atoms with Crippen molar-refractivity contribution in [2.24, 2.45) is 0 Å². The lowest BCUT2D eigenvalue weighted by molar-refractivity contribution is -0.193. The maximum absolute atomic E-state index is 10.6. The maximum atomic E-state index is 10.6. The fraction of sp³-hybridized carbons (Fsp3) is 0.286. The number of anilines is 2. The molecular formula is C28H25F9N6O6. The normalized spacial score (nSPS) is 13.2. The van der Waals surface area contributed by atoms with E-state index >= 15 is 0 Å². The predicted molar refractivity (Wildman–Crippen MR) is 154 cm³/mol. The molecule has 0 saturated carbocycles. The second-order valence-corrected chi connectivity index (χ2v) is 9.59. The molecule has 0 spiro atoms. The largest absolute Gasteiger partial charge is 0.490 e. The highest BCUT2D eigenvalue weighted by molar-refractivity contribution is 5.93. The number of hydrogen-bond acceptors (Lipinski definition) is 8. The van der Waals surface area contributed by atoms with Gasteiger partial charge in [0.2, 0.25) is 0 Å². The summed E-state index contributed by atoms with van der Waals surface area (Å²) in [6.45, 7) is 6.03. The molecule has 1 saturated heterocycles. The number of nitrogens with zero attached hydrogens (tertiary/aromatic N) is 5. The standard InChI is InChI=1S/C22H22N6.3C2HF3O2/c1-16-4-2-3-5-21(16)27-8-10-28(11-9-27)22-19-12-17(18-13-25-26-14-18)6-7-20(19)23-15-24-22;3*3-2(4,5)1(6)7/h2-7,12-15H,8-11H2,1H3,(H,25,26);3*(H,6,7). The number of carbonyl (C=O) groups is 3. The van der Waals surface area contributed by atoms with Crippen LogP contribution in [0, 0.1) is 6.92 Å². The molecule has 5 rings (SSSR count). The number of fused-ring (bicyclic) bond motifs is 1. The molecule has 0 aliphatic carbocycles. The van der Waals surface area contributed by atoms with E-state index in [0.29, 0.717) is 0 Å². The number of aromatic nitrogens is 4. The van der Waals surface area contributed by atoms with Crippen LogP contribution < -0.4 is 9.80 Å². The van der Waals surface area contributed by atoms with E-state index in [0.717, 1.165) is 54.0 Å². The topological polar surface area (TPSA) is 173 Å². The van der Waals surface area contributed by atoms with Gasteiger partial charge in [0.05, 0.1) is 11.7 Å². The van der Waals surface area contributed by atoms with E-state index in [9.17, 15) is 39.5 Å². The fourth-order valence-electron chi connectivity index (χ4n) is 3.96. The lowest BCUT2D eigenvalue weighted by Crippen LogP contribution is -2.47. The molecule has 0 atom stereocenters. The molecule has 266 valence electrons. The predicted octanol–water partition coefficient (Wildman–Crippen LogP) is 5.55. The van der Waals surface area contributed by atoms with Gasteiger partial charge in [-0.2, -0.15) is 44.6 Å². The van der Waals surface area contributed by atoms with Crippen molar-refractivity contribution in [3.8, 4) is 11.1 Å². The highest BCUT2D eigenvalue weighted by Crippen LogP contribution is 2.30. The summed E-state index contributed by atoms with van der Waals surface area (Å²) in [7, 11) is 0. The zero-order chi connectivity index (χ0) is 37.2. The highest BCUT2D eigenvalue weighted by Gasteiger charge is 2.39. The Morgan fingerprint density at radius 1 is 0.714 bits per heavy atom. The molecule has 0 amide bonds. The number of H-pyrrole nitrogens is 1. The zero-order valence-corrected chi connectivity index (χ0v) is 24.8. The number of aryl methyl sites for hydroxylation is 1. The number of halogens is 9. The molecular weight excluding hydrogens is 687 g/mol. The van der Waals surface area contributed by atoms with Crippen LogP contribution in [0.3, 0.4) is 0 Å². The molecule has 0 radical (unpaired) electrons. The van der Waals surface area contributed by atoms with Crippen molar-refractivity contribution in [3.05, 3.63) is 66.7 Å². The molecule has 1 aliphatic rings. The summed E-state index contributed by atoms with van der Waals surface area (Å²) in [5.74, 6) is -7.26. The van der Waals surface area contributed by atoms with E-state index < -0.39 is 36.4 Å². The molecule has 2 aromatic carbocycles. The molecule has 1 aliphatic heterocycles. The summed E-state index contributed by atoms with van der Waals surface area (Å²) in [4.78, 5) is 40.6. The molecule has 12 nitrogen and oxygen atoms in total. The number of para-hydroxylation sites is 1. The van der Waals surface area contributed by atoms with Crippen LogP contribution >= 0.6 is 0 Å². The van der Waals surface area contributed by atoms with E-state index in [1.165, 1.54) is 11.3 Å². The van der Waals surface area contributed by atoms with Crippen LogP contribution in [0.25, 0.3) is 22.0 Å². The molecule has 0 unspecified atom stereocenters. The smallest absolute Gasteiger partial charge is 0.475 e. The number of nitrogens with one attached hydrogen (secondary N) is 1. The Morgan fingerprint density at radius 3 is 1.65 bits per heavy atom. The van der Waals surface area contributed by atoms with Gasteiger partial charge in [0.1, 0.15) is 12.1 Å². The second-order valence-electron chi connectivity index (χ2n) is 9.59. The van der Waals surface area contributed by atoms with Gasteiger partial charge in [-0.15, -0.1) is 0 Å². The van der Waals surface area contributed by atoms with Gasteiger partial charge in [-0.1, -0.05) is 24.3 Å². The van der Waals surface area contributed by atoms with E-state index in [1.807, 2.05) is 12.4 Å². The van der Waals surface area contributed by atoms with Crippen LogP contribution in [0.1, 0.15) is 5.56 Å². The summed E-state index contributed by atoms with van der Waals surface area (Å²) >= 11 is 0. The van der Waals surface area contributed by atoms with Crippen LogP contribution in [-0.4, -0.2) is 98.1 Å². The van der Waals surface area contributed by atoms with Gasteiger partial charge in [0.25, 0.3) is 0 Å². The average molecular weight is 713 g/mol. The van der Waals surface area contributed by atoms with E-state index in [4.69, 9.17) is 29.7 Å². The average Bonchev–Trinajstić information content (AvgIpc) is 3.56. The van der Waals surface area contributed by atoms with Gasteiger partial charge in [-0.3, -0.25) is 5.10 Å².